The first-order chi connectivity index (χ1) is 8.67. The molecular formula is C14H18N2OS. The largest absolute Gasteiger partial charge is 0.333 e. The monoisotopic (exact) mass is 262 g/mol. The zero-order valence-corrected chi connectivity index (χ0v) is 11.5. The van der Waals surface area contributed by atoms with Gasteiger partial charge in [0.1, 0.15) is 5.54 Å². The summed E-state index contributed by atoms with van der Waals surface area (Å²) in [5, 5.41) is 14.3. The van der Waals surface area contributed by atoms with E-state index >= 15 is 0 Å². The van der Waals surface area contributed by atoms with E-state index in [-0.39, 0.29) is 5.91 Å². The van der Waals surface area contributed by atoms with E-state index in [1.165, 1.54) is 11.3 Å². The van der Waals surface area contributed by atoms with Gasteiger partial charge in [-0.2, -0.15) is 5.26 Å². The van der Waals surface area contributed by atoms with Crippen molar-refractivity contribution in [3.05, 3.63) is 21.9 Å². The summed E-state index contributed by atoms with van der Waals surface area (Å²) in [5.41, 5.74) is 0.337. The number of carbonyl (C=O) groups excluding carboxylic acids is 1. The van der Waals surface area contributed by atoms with Crippen LogP contribution in [0.25, 0.3) is 0 Å². The first-order valence-electron chi connectivity index (χ1n) is 6.45. The van der Waals surface area contributed by atoms with Crippen LogP contribution in [-0.4, -0.2) is 11.4 Å². The number of rotatable bonds is 2. The molecule has 1 saturated carbocycles. The summed E-state index contributed by atoms with van der Waals surface area (Å²) in [6.45, 7) is 1.93. The van der Waals surface area contributed by atoms with E-state index in [2.05, 4.69) is 11.4 Å². The molecule has 0 saturated heterocycles. The molecule has 4 heteroatoms. The number of thiophene rings is 1. The Kier molecular flexibility index (Phi) is 4.03. The zero-order chi connectivity index (χ0) is 13.0. The van der Waals surface area contributed by atoms with Crippen LogP contribution in [0.15, 0.2) is 11.4 Å². The third-order valence-electron chi connectivity index (χ3n) is 3.59. The topological polar surface area (TPSA) is 52.9 Å². The molecule has 1 aromatic rings. The Morgan fingerprint density at radius 1 is 1.39 bits per heavy atom. The maximum Gasteiger partial charge on any atom is 0.262 e. The number of aryl methyl sites for hydroxylation is 1. The van der Waals surface area contributed by atoms with E-state index < -0.39 is 5.54 Å². The molecule has 0 spiro atoms. The lowest BCUT2D eigenvalue weighted by Crippen LogP contribution is -2.46. The Hall–Kier alpha value is -1.34. The number of carbonyl (C=O) groups is 1. The lowest BCUT2D eigenvalue weighted by Gasteiger charge is -2.26. The molecule has 0 atom stereocenters. The lowest BCUT2D eigenvalue weighted by atomic mass is 9.91. The van der Waals surface area contributed by atoms with E-state index in [1.54, 1.807) is 0 Å². The van der Waals surface area contributed by atoms with E-state index in [1.807, 2.05) is 18.4 Å². The molecule has 1 aliphatic rings. The van der Waals surface area contributed by atoms with Gasteiger partial charge in [0.2, 0.25) is 0 Å². The molecule has 18 heavy (non-hydrogen) atoms. The van der Waals surface area contributed by atoms with Crippen LogP contribution < -0.4 is 5.32 Å². The SMILES string of the molecule is Cc1ccsc1C(=O)NC1(C#N)CCCCCC1. The molecule has 0 radical (unpaired) electrons. The Morgan fingerprint density at radius 2 is 2.06 bits per heavy atom. The Labute approximate surface area is 112 Å². The fourth-order valence-corrected chi connectivity index (χ4v) is 3.30. The van der Waals surface area contributed by atoms with E-state index in [4.69, 9.17) is 0 Å². The Bertz CT molecular complexity index is 464. The van der Waals surface area contributed by atoms with Crippen molar-refractivity contribution < 1.29 is 4.79 Å². The highest BCUT2D eigenvalue weighted by molar-refractivity contribution is 7.12. The van der Waals surface area contributed by atoms with E-state index in [9.17, 15) is 10.1 Å². The number of nitrogens with zero attached hydrogens (tertiary/aromatic N) is 1. The van der Waals surface area contributed by atoms with Crippen LogP contribution in [0, 0.1) is 18.3 Å². The number of nitriles is 1. The van der Waals surface area contributed by atoms with Crippen LogP contribution >= 0.6 is 11.3 Å². The van der Waals surface area contributed by atoms with Gasteiger partial charge in [0.25, 0.3) is 5.91 Å². The maximum absolute atomic E-state index is 12.2. The van der Waals surface area contributed by atoms with Gasteiger partial charge < -0.3 is 5.32 Å². The molecule has 0 aliphatic heterocycles. The van der Waals surface area contributed by atoms with Crippen molar-refractivity contribution in [3.63, 3.8) is 0 Å². The van der Waals surface area contributed by atoms with Crippen molar-refractivity contribution in [2.45, 2.75) is 51.0 Å². The Morgan fingerprint density at radius 3 is 2.56 bits per heavy atom. The van der Waals surface area contributed by atoms with Gasteiger partial charge in [-0.15, -0.1) is 11.3 Å². The molecule has 0 aromatic carbocycles. The van der Waals surface area contributed by atoms with Gasteiger partial charge in [0.05, 0.1) is 10.9 Å². The fourth-order valence-electron chi connectivity index (χ4n) is 2.48. The molecule has 1 aliphatic carbocycles. The number of hydrogen-bond donors (Lipinski definition) is 1. The number of nitrogens with one attached hydrogen (secondary N) is 1. The van der Waals surface area contributed by atoms with E-state index in [0.717, 1.165) is 49.0 Å². The minimum Gasteiger partial charge on any atom is -0.333 e. The second kappa shape index (κ2) is 5.53. The molecule has 1 heterocycles. The summed E-state index contributed by atoms with van der Waals surface area (Å²) >= 11 is 1.44. The highest BCUT2D eigenvalue weighted by Crippen LogP contribution is 2.27. The molecule has 1 aromatic heterocycles. The number of hydrogen-bond acceptors (Lipinski definition) is 3. The van der Waals surface area contributed by atoms with Crippen LogP contribution in [0.1, 0.15) is 53.8 Å². The summed E-state index contributed by atoms with van der Waals surface area (Å²) in [5.74, 6) is -0.0917. The molecule has 96 valence electrons. The molecule has 2 rings (SSSR count). The van der Waals surface area contributed by atoms with Crippen molar-refractivity contribution >= 4 is 17.2 Å². The quantitative estimate of drug-likeness (QED) is 0.830. The predicted octanol–water partition coefficient (Wildman–Crippen LogP) is 3.40. The van der Waals surface area contributed by atoms with Crippen molar-refractivity contribution in [1.82, 2.24) is 5.32 Å². The second-order valence-corrected chi connectivity index (χ2v) is 5.91. The van der Waals surface area contributed by atoms with Gasteiger partial charge in [-0.25, -0.2) is 0 Å². The molecule has 0 unspecified atom stereocenters. The Balaban J connectivity index is 2.13. The van der Waals surface area contributed by atoms with Crippen molar-refractivity contribution in [1.29, 1.82) is 5.26 Å². The average molecular weight is 262 g/mol. The maximum atomic E-state index is 12.2. The lowest BCUT2D eigenvalue weighted by molar-refractivity contribution is 0.0916. The third kappa shape index (κ3) is 2.73. The molecule has 1 amide bonds. The third-order valence-corrected chi connectivity index (χ3v) is 4.61. The summed E-state index contributed by atoms with van der Waals surface area (Å²) in [6.07, 6.45) is 5.93. The van der Waals surface area contributed by atoms with Crippen LogP contribution in [-0.2, 0) is 0 Å². The number of amides is 1. The summed E-state index contributed by atoms with van der Waals surface area (Å²) in [4.78, 5) is 12.9. The van der Waals surface area contributed by atoms with Crippen LogP contribution in [0.4, 0.5) is 0 Å². The van der Waals surface area contributed by atoms with Crippen LogP contribution in [0.5, 0.6) is 0 Å². The predicted molar refractivity (Wildman–Crippen MR) is 72.6 cm³/mol. The normalized spacial score (nSPS) is 18.7. The fraction of sp³-hybridized carbons (Fsp3) is 0.571. The van der Waals surface area contributed by atoms with Gasteiger partial charge in [-0.1, -0.05) is 25.7 Å². The molecule has 0 bridgehead atoms. The molecular weight excluding hydrogens is 244 g/mol. The average Bonchev–Trinajstić information content (AvgIpc) is 2.66. The van der Waals surface area contributed by atoms with Crippen molar-refractivity contribution in [2.75, 3.05) is 0 Å². The second-order valence-electron chi connectivity index (χ2n) is 4.99. The van der Waals surface area contributed by atoms with Crippen molar-refractivity contribution in [3.8, 4) is 6.07 Å². The standard InChI is InChI=1S/C14H18N2OS/c1-11-6-9-18-12(11)13(17)16-14(10-15)7-4-2-3-5-8-14/h6,9H,2-5,7-8H2,1H3,(H,16,17). The minimum atomic E-state index is -0.649. The smallest absolute Gasteiger partial charge is 0.262 e. The molecule has 1 N–H and O–H groups in total. The van der Waals surface area contributed by atoms with Crippen LogP contribution in [0.3, 0.4) is 0 Å². The van der Waals surface area contributed by atoms with Crippen LogP contribution in [0.2, 0.25) is 0 Å². The summed E-state index contributed by atoms with van der Waals surface area (Å²) < 4.78 is 0. The van der Waals surface area contributed by atoms with E-state index in [0.29, 0.717) is 0 Å². The van der Waals surface area contributed by atoms with Gasteiger partial charge >= 0.3 is 0 Å². The van der Waals surface area contributed by atoms with Gasteiger partial charge in [-0.05, 0) is 36.8 Å². The summed E-state index contributed by atoms with van der Waals surface area (Å²) in [6, 6.07) is 4.28. The van der Waals surface area contributed by atoms with Gasteiger partial charge in [0, 0.05) is 0 Å². The van der Waals surface area contributed by atoms with Gasteiger partial charge in [0.15, 0.2) is 0 Å². The highest BCUT2D eigenvalue weighted by Gasteiger charge is 2.33. The zero-order valence-electron chi connectivity index (χ0n) is 10.7. The molecule has 3 nitrogen and oxygen atoms in total. The molecule has 1 fully saturated rings. The van der Waals surface area contributed by atoms with Crippen molar-refractivity contribution in [2.24, 2.45) is 0 Å². The first kappa shape index (κ1) is 13.1. The summed E-state index contributed by atoms with van der Waals surface area (Å²) in [7, 11) is 0. The highest BCUT2D eigenvalue weighted by atomic mass is 32.1. The van der Waals surface area contributed by atoms with Gasteiger partial charge in [-0.3, -0.25) is 4.79 Å². The minimum absolute atomic E-state index is 0.0917. The first-order valence-corrected chi connectivity index (χ1v) is 7.33.